The van der Waals surface area contributed by atoms with Crippen LogP contribution in [-0.4, -0.2) is 55.0 Å². The summed E-state index contributed by atoms with van der Waals surface area (Å²) >= 11 is 0. The van der Waals surface area contributed by atoms with E-state index in [1.54, 1.807) is 12.1 Å². The van der Waals surface area contributed by atoms with Crippen LogP contribution in [0.4, 0.5) is 11.4 Å². The average molecular weight is 318 g/mol. The minimum Gasteiger partial charge on any atom is -0.362 e. The molecule has 1 aromatic rings. The first-order valence-corrected chi connectivity index (χ1v) is 8.06. The van der Waals surface area contributed by atoms with E-state index in [4.69, 9.17) is 0 Å². The highest BCUT2D eigenvalue weighted by Crippen LogP contribution is 2.28. The van der Waals surface area contributed by atoms with Crippen LogP contribution in [0.3, 0.4) is 0 Å². The maximum absolute atomic E-state index is 12.5. The second kappa shape index (κ2) is 6.54. The molecule has 1 amide bonds. The zero-order chi connectivity index (χ0) is 16.4. The number of rotatable bonds is 4. The fourth-order valence-electron chi connectivity index (χ4n) is 3.21. The van der Waals surface area contributed by atoms with E-state index in [0.29, 0.717) is 37.8 Å². The van der Waals surface area contributed by atoms with Crippen LogP contribution in [0.25, 0.3) is 0 Å². The van der Waals surface area contributed by atoms with E-state index in [0.717, 1.165) is 13.1 Å². The van der Waals surface area contributed by atoms with Crippen LogP contribution in [0.15, 0.2) is 24.3 Å². The molecule has 3 rings (SSSR count). The molecule has 1 aromatic carbocycles. The average Bonchev–Trinajstić information content (AvgIpc) is 2.52. The Labute approximate surface area is 135 Å². The highest BCUT2D eigenvalue weighted by atomic mass is 16.6. The van der Waals surface area contributed by atoms with Crippen molar-refractivity contribution >= 4 is 17.3 Å². The van der Waals surface area contributed by atoms with E-state index in [1.165, 1.54) is 6.07 Å². The number of nitrogens with one attached hydrogen (secondary N) is 1. The second-order valence-corrected chi connectivity index (χ2v) is 6.27. The van der Waals surface area contributed by atoms with Crippen LogP contribution in [0, 0.1) is 22.0 Å². The molecule has 1 atom stereocenters. The molecule has 124 valence electrons. The van der Waals surface area contributed by atoms with Gasteiger partial charge in [-0.1, -0.05) is 19.1 Å². The van der Waals surface area contributed by atoms with Gasteiger partial charge in [0.15, 0.2) is 0 Å². The van der Waals surface area contributed by atoms with Crippen LogP contribution in [-0.2, 0) is 4.79 Å². The minimum absolute atomic E-state index is 0.0499. The number of nitro groups is 1. The Morgan fingerprint density at radius 3 is 2.48 bits per heavy atom. The lowest BCUT2D eigenvalue weighted by atomic mass is 9.88. The molecular formula is C16H22N4O3. The van der Waals surface area contributed by atoms with Gasteiger partial charge in [-0.3, -0.25) is 14.9 Å². The van der Waals surface area contributed by atoms with Crippen molar-refractivity contribution in [2.45, 2.75) is 6.92 Å². The predicted molar refractivity (Wildman–Crippen MR) is 87.4 cm³/mol. The van der Waals surface area contributed by atoms with Gasteiger partial charge in [0.05, 0.1) is 4.92 Å². The monoisotopic (exact) mass is 318 g/mol. The molecule has 0 bridgehead atoms. The zero-order valence-corrected chi connectivity index (χ0v) is 13.3. The molecule has 1 N–H and O–H groups in total. The smallest absolute Gasteiger partial charge is 0.292 e. The van der Waals surface area contributed by atoms with Crippen LogP contribution >= 0.6 is 0 Å². The van der Waals surface area contributed by atoms with Crippen molar-refractivity contribution in [3.63, 3.8) is 0 Å². The fraction of sp³-hybridized carbons (Fsp3) is 0.562. The number of anilines is 1. The Morgan fingerprint density at radius 2 is 1.91 bits per heavy atom. The third-order valence-corrected chi connectivity index (χ3v) is 4.92. The van der Waals surface area contributed by atoms with E-state index in [-0.39, 0.29) is 22.4 Å². The second-order valence-electron chi connectivity index (χ2n) is 6.27. The number of hydrogen-bond acceptors (Lipinski definition) is 5. The topological polar surface area (TPSA) is 78.7 Å². The van der Waals surface area contributed by atoms with Crippen molar-refractivity contribution in [1.82, 2.24) is 10.2 Å². The van der Waals surface area contributed by atoms with E-state index >= 15 is 0 Å². The molecule has 0 aromatic heterocycles. The SMILES string of the molecule is CC(C(=O)N1CCN(c2ccccc2[N+](=O)[O-])CC1)C1CNC1. The molecule has 0 spiro atoms. The van der Waals surface area contributed by atoms with Crippen molar-refractivity contribution in [3.05, 3.63) is 34.4 Å². The lowest BCUT2D eigenvalue weighted by Crippen LogP contribution is -2.54. The van der Waals surface area contributed by atoms with Gasteiger partial charge >= 0.3 is 0 Å². The molecule has 0 saturated carbocycles. The first-order chi connectivity index (χ1) is 11.1. The van der Waals surface area contributed by atoms with Crippen LogP contribution in [0.5, 0.6) is 0 Å². The summed E-state index contributed by atoms with van der Waals surface area (Å²) in [5, 5.41) is 14.4. The summed E-state index contributed by atoms with van der Waals surface area (Å²) in [4.78, 5) is 27.2. The number of carbonyl (C=O) groups excluding carboxylic acids is 1. The number of nitrogens with zero attached hydrogens (tertiary/aromatic N) is 3. The number of benzene rings is 1. The molecule has 2 fully saturated rings. The summed E-state index contributed by atoms with van der Waals surface area (Å²) in [5.74, 6) is 0.698. The standard InChI is InChI=1S/C16H22N4O3/c1-12(13-10-17-11-13)16(21)19-8-6-18(7-9-19)14-4-2-3-5-15(14)20(22)23/h2-5,12-13,17H,6-11H2,1H3. The fourth-order valence-corrected chi connectivity index (χ4v) is 3.21. The van der Waals surface area contributed by atoms with Crippen LogP contribution in [0.1, 0.15) is 6.92 Å². The first-order valence-electron chi connectivity index (χ1n) is 8.06. The van der Waals surface area contributed by atoms with E-state index in [1.807, 2.05) is 22.8 Å². The number of piperazine rings is 1. The van der Waals surface area contributed by atoms with E-state index < -0.39 is 0 Å². The summed E-state index contributed by atoms with van der Waals surface area (Å²) in [6, 6.07) is 6.79. The summed E-state index contributed by atoms with van der Waals surface area (Å²) in [6.45, 7) is 6.34. The van der Waals surface area contributed by atoms with Gasteiger partial charge < -0.3 is 15.1 Å². The largest absolute Gasteiger partial charge is 0.362 e. The van der Waals surface area contributed by atoms with E-state index in [9.17, 15) is 14.9 Å². The van der Waals surface area contributed by atoms with Gasteiger partial charge in [0.25, 0.3) is 5.69 Å². The molecule has 23 heavy (non-hydrogen) atoms. The normalized spacial score (nSPS) is 20.0. The maximum atomic E-state index is 12.5. The Balaban J connectivity index is 1.62. The van der Waals surface area contributed by atoms with Crippen molar-refractivity contribution in [3.8, 4) is 0 Å². The van der Waals surface area contributed by atoms with Gasteiger partial charge in [-0.05, 0) is 25.1 Å². The van der Waals surface area contributed by atoms with Gasteiger partial charge in [-0.15, -0.1) is 0 Å². The summed E-state index contributed by atoms with van der Waals surface area (Å²) in [5.41, 5.74) is 0.766. The highest BCUT2D eigenvalue weighted by Gasteiger charge is 2.33. The van der Waals surface area contributed by atoms with Gasteiger partial charge in [-0.25, -0.2) is 0 Å². The molecule has 2 heterocycles. The zero-order valence-electron chi connectivity index (χ0n) is 13.3. The van der Waals surface area contributed by atoms with Gasteiger partial charge in [0.1, 0.15) is 5.69 Å². The minimum atomic E-state index is -0.349. The molecule has 2 aliphatic rings. The van der Waals surface area contributed by atoms with Gasteiger partial charge in [0, 0.05) is 38.2 Å². The van der Waals surface area contributed by atoms with Crippen molar-refractivity contribution in [2.75, 3.05) is 44.2 Å². The van der Waals surface area contributed by atoms with Crippen LogP contribution < -0.4 is 10.2 Å². The maximum Gasteiger partial charge on any atom is 0.292 e. The molecule has 2 saturated heterocycles. The Kier molecular flexibility index (Phi) is 4.47. The first kappa shape index (κ1) is 15.7. The summed E-state index contributed by atoms with van der Waals surface area (Å²) in [7, 11) is 0. The third-order valence-electron chi connectivity index (χ3n) is 4.92. The van der Waals surface area contributed by atoms with E-state index in [2.05, 4.69) is 5.32 Å². The van der Waals surface area contributed by atoms with Gasteiger partial charge in [0.2, 0.25) is 5.91 Å². The van der Waals surface area contributed by atoms with Crippen molar-refractivity contribution in [1.29, 1.82) is 0 Å². The molecule has 0 radical (unpaired) electrons. The molecular weight excluding hydrogens is 296 g/mol. The lowest BCUT2D eigenvalue weighted by Gasteiger charge is -2.39. The highest BCUT2D eigenvalue weighted by molar-refractivity contribution is 5.79. The molecule has 1 unspecified atom stereocenters. The molecule has 7 nitrogen and oxygen atoms in total. The quantitative estimate of drug-likeness (QED) is 0.664. The van der Waals surface area contributed by atoms with Crippen molar-refractivity contribution < 1.29 is 9.72 Å². The van der Waals surface area contributed by atoms with Crippen molar-refractivity contribution in [2.24, 2.45) is 11.8 Å². The number of amides is 1. The number of carbonyl (C=O) groups is 1. The summed E-state index contributed by atoms with van der Waals surface area (Å²) in [6.07, 6.45) is 0. The number of hydrogen-bond donors (Lipinski definition) is 1. The summed E-state index contributed by atoms with van der Waals surface area (Å²) < 4.78 is 0. The Morgan fingerprint density at radius 1 is 1.26 bits per heavy atom. The number of nitro benzene ring substituents is 1. The predicted octanol–water partition coefficient (Wildman–Crippen LogP) is 1.10. The van der Waals surface area contributed by atoms with Crippen LogP contribution in [0.2, 0.25) is 0 Å². The Hall–Kier alpha value is -2.15. The molecule has 2 aliphatic heterocycles. The molecule has 7 heteroatoms. The third kappa shape index (κ3) is 3.14. The molecule has 0 aliphatic carbocycles. The van der Waals surface area contributed by atoms with Gasteiger partial charge in [-0.2, -0.15) is 0 Å². The lowest BCUT2D eigenvalue weighted by molar-refractivity contribution is -0.384. The number of para-hydroxylation sites is 2. The Bertz CT molecular complexity index is 595.